The maximum Gasteiger partial charge on any atom is 0.267 e. The molecule has 2 aliphatic heterocycles. The molecule has 4 heterocycles. The van der Waals surface area contributed by atoms with Gasteiger partial charge in [-0.1, -0.05) is 42.5 Å². The Kier molecular flexibility index (Phi) is 5.28. The normalized spacial score (nSPS) is 19.7. The number of amides is 1. The summed E-state index contributed by atoms with van der Waals surface area (Å²) in [4.78, 5) is 27.0. The average Bonchev–Trinajstić information content (AvgIpc) is 3.62. The van der Waals surface area contributed by atoms with Crippen molar-refractivity contribution in [1.29, 1.82) is 0 Å². The minimum absolute atomic E-state index is 0.0828. The SMILES string of the molecule is Cc1ccnc(-c2ccc(Cn3nc4c(c3Nc3ccccc3)C(=O)N(C)C3=N[C@@H]5CCC[C@@H]5N34)cc2)c1. The van der Waals surface area contributed by atoms with Crippen LogP contribution >= 0.6 is 0 Å². The summed E-state index contributed by atoms with van der Waals surface area (Å²) in [6.07, 6.45) is 5.10. The molecule has 1 aliphatic carbocycles. The number of hydrogen-bond acceptors (Lipinski definition) is 6. The van der Waals surface area contributed by atoms with Crippen LogP contribution in [0, 0.1) is 6.92 Å². The van der Waals surface area contributed by atoms with Crippen LogP contribution in [0.1, 0.15) is 40.7 Å². The molecule has 1 saturated carbocycles. The minimum atomic E-state index is -0.0828. The van der Waals surface area contributed by atoms with Crippen LogP contribution < -0.4 is 10.2 Å². The Labute approximate surface area is 221 Å². The molecule has 0 unspecified atom stereocenters. The Bertz CT molecular complexity index is 1560. The van der Waals surface area contributed by atoms with Gasteiger partial charge in [-0.15, -0.1) is 0 Å². The zero-order valence-corrected chi connectivity index (χ0v) is 21.5. The number of benzene rings is 2. The van der Waals surface area contributed by atoms with E-state index < -0.39 is 0 Å². The van der Waals surface area contributed by atoms with Gasteiger partial charge in [0.2, 0.25) is 5.96 Å². The maximum absolute atomic E-state index is 13.7. The van der Waals surface area contributed by atoms with E-state index in [2.05, 4.69) is 52.5 Å². The molecule has 4 aromatic rings. The molecule has 0 spiro atoms. The first-order valence-corrected chi connectivity index (χ1v) is 13.2. The molecule has 2 atom stereocenters. The van der Waals surface area contributed by atoms with Crippen LogP contribution in [-0.2, 0) is 6.54 Å². The van der Waals surface area contributed by atoms with Crippen molar-refractivity contribution in [1.82, 2.24) is 19.7 Å². The van der Waals surface area contributed by atoms with E-state index in [0.29, 0.717) is 23.7 Å². The Morgan fingerprint density at radius 2 is 1.84 bits per heavy atom. The minimum Gasteiger partial charge on any atom is -0.340 e. The lowest BCUT2D eigenvalue weighted by molar-refractivity contribution is 0.0866. The Morgan fingerprint density at radius 1 is 1.03 bits per heavy atom. The van der Waals surface area contributed by atoms with E-state index >= 15 is 0 Å². The monoisotopic (exact) mass is 503 g/mol. The average molecular weight is 504 g/mol. The topological polar surface area (TPSA) is 78.6 Å². The molecule has 1 amide bonds. The number of aromatic nitrogens is 3. The first kappa shape index (κ1) is 22.7. The third-order valence-electron chi connectivity index (χ3n) is 7.79. The van der Waals surface area contributed by atoms with Crippen molar-refractivity contribution in [2.75, 3.05) is 17.3 Å². The van der Waals surface area contributed by atoms with E-state index in [-0.39, 0.29) is 18.0 Å². The number of aliphatic imine (C=N–C) groups is 1. The largest absolute Gasteiger partial charge is 0.340 e. The molecular formula is C30H29N7O. The van der Waals surface area contributed by atoms with Crippen molar-refractivity contribution in [2.24, 2.45) is 4.99 Å². The molecule has 2 aromatic heterocycles. The quantitative estimate of drug-likeness (QED) is 0.404. The van der Waals surface area contributed by atoms with E-state index in [1.807, 2.05) is 54.3 Å². The first-order chi connectivity index (χ1) is 18.6. The van der Waals surface area contributed by atoms with Crippen LogP contribution in [0.5, 0.6) is 0 Å². The van der Waals surface area contributed by atoms with Crippen LogP contribution in [0.2, 0.25) is 0 Å². The number of para-hydroxylation sites is 1. The van der Waals surface area contributed by atoms with Crippen molar-refractivity contribution in [2.45, 2.75) is 44.8 Å². The van der Waals surface area contributed by atoms with Crippen molar-refractivity contribution >= 4 is 29.2 Å². The fourth-order valence-corrected chi connectivity index (χ4v) is 5.85. The van der Waals surface area contributed by atoms with Gasteiger partial charge >= 0.3 is 0 Å². The van der Waals surface area contributed by atoms with Crippen LogP contribution in [-0.4, -0.2) is 50.7 Å². The van der Waals surface area contributed by atoms with Gasteiger partial charge in [0.25, 0.3) is 5.91 Å². The van der Waals surface area contributed by atoms with Crippen molar-refractivity contribution in [3.05, 3.63) is 89.6 Å². The summed E-state index contributed by atoms with van der Waals surface area (Å²) in [5.41, 5.74) is 5.81. The van der Waals surface area contributed by atoms with Crippen LogP contribution in [0.25, 0.3) is 11.3 Å². The molecule has 38 heavy (non-hydrogen) atoms. The fourth-order valence-electron chi connectivity index (χ4n) is 5.85. The van der Waals surface area contributed by atoms with Gasteiger partial charge in [-0.25, -0.2) is 9.67 Å². The molecule has 7 rings (SSSR count). The number of rotatable bonds is 5. The summed E-state index contributed by atoms with van der Waals surface area (Å²) < 4.78 is 1.93. The molecule has 2 aromatic carbocycles. The number of nitrogens with one attached hydrogen (secondary N) is 1. The van der Waals surface area contributed by atoms with Gasteiger partial charge in [-0.05, 0) is 61.6 Å². The molecule has 1 fully saturated rings. The predicted octanol–water partition coefficient (Wildman–Crippen LogP) is 5.23. The van der Waals surface area contributed by atoms with Gasteiger partial charge in [0.1, 0.15) is 11.4 Å². The molecular weight excluding hydrogens is 474 g/mol. The first-order valence-electron chi connectivity index (χ1n) is 13.2. The molecule has 0 bridgehead atoms. The molecule has 3 aliphatic rings. The smallest absolute Gasteiger partial charge is 0.267 e. The lowest BCUT2D eigenvalue weighted by Gasteiger charge is -2.34. The molecule has 190 valence electrons. The number of carbonyl (C=O) groups is 1. The fraction of sp³-hybridized carbons (Fsp3) is 0.267. The number of guanidine groups is 1. The number of hydrogen-bond donors (Lipinski definition) is 1. The summed E-state index contributed by atoms with van der Waals surface area (Å²) in [5, 5.41) is 8.57. The lowest BCUT2D eigenvalue weighted by Crippen LogP contribution is -2.51. The predicted molar refractivity (Wildman–Crippen MR) is 149 cm³/mol. The third kappa shape index (κ3) is 3.67. The summed E-state index contributed by atoms with van der Waals surface area (Å²) in [5.74, 6) is 2.05. The zero-order chi connectivity index (χ0) is 25.8. The number of aryl methyl sites for hydroxylation is 1. The van der Waals surface area contributed by atoms with Gasteiger partial charge in [-0.3, -0.25) is 19.6 Å². The van der Waals surface area contributed by atoms with Gasteiger partial charge in [0.05, 0.1) is 24.3 Å². The Hall–Kier alpha value is -4.46. The van der Waals surface area contributed by atoms with Crippen LogP contribution in [0.3, 0.4) is 0 Å². The second-order valence-electron chi connectivity index (χ2n) is 10.3. The highest BCUT2D eigenvalue weighted by Gasteiger charge is 2.49. The second-order valence-corrected chi connectivity index (χ2v) is 10.3. The van der Waals surface area contributed by atoms with E-state index in [0.717, 1.165) is 47.7 Å². The highest BCUT2D eigenvalue weighted by molar-refractivity contribution is 6.21. The third-order valence-corrected chi connectivity index (χ3v) is 7.79. The van der Waals surface area contributed by atoms with E-state index in [1.165, 1.54) is 5.56 Å². The van der Waals surface area contributed by atoms with E-state index in [9.17, 15) is 4.79 Å². The van der Waals surface area contributed by atoms with Crippen LogP contribution in [0.4, 0.5) is 17.3 Å². The van der Waals surface area contributed by atoms with Gasteiger partial charge in [0.15, 0.2) is 5.82 Å². The zero-order valence-electron chi connectivity index (χ0n) is 21.5. The number of carbonyl (C=O) groups excluding carboxylic acids is 1. The highest BCUT2D eigenvalue weighted by atomic mass is 16.2. The Morgan fingerprint density at radius 3 is 2.63 bits per heavy atom. The number of nitrogens with zero attached hydrogens (tertiary/aromatic N) is 6. The molecule has 1 N–H and O–H groups in total. The van der Waals surface area contributed by atoms with Crippen molar-refractivity contribution < 1.29 is 4.79 Å². The number of anilines is 3. The summed E-state index contributed by atoms with van der Waals surface area (Å²) >= 11 is 0. The van der Waals surface area contributed by atoms with E-state index in [4.69, 9.17) is 10.1 Å². The number of pyridine rings is 1. The number of fused-ring (bicyclic) bond motifs is 5. The maximum atomic E-state index is 13.7. The van der Waals surface area contributed by atoms with Crippen molar-refractivity contribution in [3.63, 3.8) is 0 Å². The summed E-state index contributed by atoms with van der Waals surface area (Å²) in [6.45, 7) is 2.60. The van der Waals surface area contributed by atoms with Gasteiger partial charge in [0, 0.05) is 24.5 Å². The summed E-state index contributed by atoms with van der Waals surface area (Å²) in [6, 6.07) is 22.9. The molecule has 0 radical (unpaired) electrons. The lowest BCUT2D eigenvalue weighted by atomic mass is 10.1. The standard InChI is InChI=1S/C30H29N7O/c1-19-15-16-31-24(17-19)21-13-11-20(12-14-21)18-36-27(32-22-7-4-3-5-8-22)26-28(34-36)37-25-10-6-9-23(25)33-30(37)35(2)29(26)38/h3-5,7-8,11-17,23,25,32H,6,9-10,18H2,1-2H3/t23-,25+/m1/s1. The van der Waals surface area contributed by atoms with Gasteiger partial charge in [-0.2, -0.15) is 5.10 Å². The molecule has 0 saturated heterocycles. The van der Waals surface area contributed by atoms with Crippen molar-refractivity contribution in [3.8, 4) is 11.3 Å². The molecule has 8 nitrogen and oxygen atoms in total. The Balaban J connectivity index is 1.29. The second kappa shape index (κ2) is 8.83. The van der Waals surface area contributed by atoms with Crippen LogP contribution in [0.15, 0.2) is 77.9 Å². The van der Waals surface area contributed by atoms with Gasteiger partial charge < -0.3 is 5.32 Å². The van der Waals surface area contributed by atoms with E-state index in [1.54, 1.807) is 4.90 Å². The molecule has 8 heteroatoms. The highest BCUT2D eigenvalue weighted by Crippen LogP contribution is 2.43. The summed E-state index contributed by atoms with van der Waals surface area (Å²) in [7, 11) is 1.82.